The van der Waals surface area contributed by atoms with E-state index in [1.165, 1.54) is 0 Å². The summed E-state index contributed by atoms with van der Waals surface area (Å²) in [7, 11) is 2.28. The highest BCUT2D eigenvalue weighted by Gasteiger charge is 2.37. The Morgan fingerprint density at radius 2 is 1.58 bits per heavy atom. The molecular weight excluding hydrogens is 407 g/mol. The maximum absolute atomic E-state index is 14.6. The zero-order valence-electron chi connectivity index (χ0n) is 18.6. The van der Waals surface area contributed by atoms with Crippen molar-refractivity contribution in [3.05, 3.63) is 84.4 Å². The van der Waals surface area contributed by atoms with E-state index in [-0.39, 0.29) is 0 Å². The van der Waals surface area contributed by atoms with Crippen molar-refractivity contribution in [2.24, 2.45) is 0 Å². The van der Waals surface area contributed by atoms with Crippen LogP contribution in [0.3, 0.4) is 0 Å². The highest BCUT2D eigenvalue weighted by atomic mass is 31.2. The van der Waals surface area contributed by atoms with E-state index in [2.05, 4.69) is 5.32 Å². The van der Waals surface area contributed by atoms with Gasteiger partial charge in [0.2, 0.25) is 0 Å². The molecule has 0 fully saturated rings. The van der Waals surface area contributed by atoms with Gasteiger partial charge in [-0.2, -0.15) is 0 Å². The van der Waals surface area contributed by atoms with E-state index in [1.807, 2.05) is 105 Å². The van der Waals surface area contributed by atoms with E-state index < -0.39 is 13.2 Å². The molecule has 0 heterocycles. The van der Waals surface area contributed by atoms with Crippen LogP contribution >= 0.6 is 7.37 Å². The Kier molecular flexibility index (Phi) is 7.78. The molecule has 0 aromatic heterocycles. The van der Waals surface area contributed by atoms with Gasteiger partial charge in [0, 0.05) is 30.8 Å². The van der Waals surface area contributed by atoms with Crippen molar-refractivity contribution in [2.45, 2.75) is 19.1 Å². The van der Waals surface area contributed by atoms with Gasteiger partial charge in [-0.15, -0.1) is 0 Å². The molecule has 0 unspecified atom stereocenters. The van der Waals surface area contributed by atoms with Gasteiger partial charge in [0.1, 0.15) is 11.5 Å². The predicted octanol–water partition coefficient (Wildman–Crippen LogP) is 5.90. The highest BCUT2D eigenvalue weighted by Crippen LogP contribution is 2.59. The van der Waals surface area contributed by atoms with E-state index in [4.69, 9.17) is 9.26 Å². The number of para-hydroxylation sites is 1. The van der Waals surface area contributed by atoms with Crippen molar-refractivity contribution in [2.75, 3.05) is 38.0 Å². The minimum Gasteiger partial charge on any atom is -0.497 e. The Bertz CT molecular complexity index is 990. The highest BCUT2D eigenvalue weighted by molar-refractivity contribution is 7.67. The van der Waals surface area contributed by atoms with Crippen LogP contribution in [0.15, 0.2) is 78.9 Å². The summed E-state index contributed by atoms with van der Waals surface area (Å²) in [5.74, 6) is 0.208. The van der Waals surface area contributed by atoms with Gasteiger partial charge in [0.15, 0.2) is 0 Å². The lowest BCUT2D eigenvalue weighted by atomic mass is 10.2. The van der Waals surface area contributed by atoms with Crippen LogP contribution in [0.4, 0.5) is 11.4 Å². The molecule has 2 atom stereocenters. The largest absolute Gasteiger partial charge is 0.497 e. The fourth-order valence-electron chi connectivity index (χ4n) is 3.33. The van der Waals surface area contributed by atoms with Gasteiger partial charge in [0.25, 0.3) is 7.37 Å². The molecule has 0 saturated carbocycles. The number of methoxy groups -OCH3 is 1. The maximum Gasteiger partial charge on any atom is 0.258 e. The molecular formula is C25H31N2O3P. The molecule has 1 N–H and O–H groups in total. The number of hydrogen-bond acceptors (Lipinski definition) is 5. The van der Waals surface area contributed by atoms with Gasteiger partial charge in [-0.25, -0.2) is 0 Å². The van der Waals surface area contributed by atoms with Gasteiger partial charge >= 0.3 is 0 Å². The Hall–Kier alpha value is -2.75. The predicted molar refractivity (Wildman–Crippen MR) is 130 cm³/mol. The average Bonchev–Trinajstić information content (AvgIpc) is 2.82. The standard InChI is InChI=1S/C25H31N2O3P/c1-5-19-30-31(28,24-17-13-22(14-18-24)27(2)3)25(26-21-9-7-6-8-10-21)20-11-15-23(29-4)16-12-20/h6-18,25-26H,5,19H2,1-4H3/t25-,31+/m1/s1. The van der Waals surface area contributed by atoms with Crippen LogP contribution in [-0.4, -0.2) is 27.8 Å². The number of hydrogen-bond donors (Lipinski definition) is 1. The van der Waals surface area contributed by atoms with Crippen LogP contribution in [0.1, 0.15) is 24.7 Å². The second kappa shape index (κ2) is 10.5. The normalized spacial score (nSPS) is 13.8. The zero-order valence-corrected chi connectivity index (χ0v) is 19.5. The van der Waals surface area contributed by atoms with Gasteiger partial charge in [-0.05, 0) is 60.5 Å². The summed E-state index contributed by atoms with van der Waals surface area (Å²) in [6.07, 6.45) is 0.778. The Labute approximate surface area is 185 Å². The Morgan fingerprint density at radius 3 is 2.13 bits per heavy atom. The summed E-state index contributed by atoms with van der Waals surface area (Å²) in [6.45, 7) is 2.43. The molecule has 0 aliphatic heterocycles. The third kappa shape index (κ3) is 5.49. The first kappa shape index (κ1) is 22.9. The molecule has 5 nitrogen and oxygen atoms in total. The van der Waals surface area contributed by atoms with Crippen molar-refractivity contribution in [1.29, 1.82) is 0 Å². The third-order valence-electron chi connectivity index (χ3n) is 5.06. The molecule has 0 bridgehead atoms. The van der Waals surface area contributed by atoms with Crippen LogP contribution in [-0.2, 0) is 9.09 Å². The number of ether oxygens (including phenoxy) is 1. The lowest BCUT2D eigenvalue weighted by molar-refractivity contribution is 0.315. The van der Waals surface area contributed by atoms with E-state index in [0.717, 1.165) is 29.1 Å². The Morgan fingerprint density at radius 1 is 0.935 bits per heavy atom. The lowest BCUT2D eigenvalue weighted by Crippen LogP contribution is -2.21. The average molecular weight is 439 g/mol. The molecule has 3 rings (SSSR count). The molecule has 0 aliphatic carbocycles. The molecule has 0 spiro atoms. The quantitative estimate of drug-likeness (QED) is 0.399. The second-order valence-electron chi connectivity index (χ2n) is 7.53. The number of anilines is 2. The Balaban J connectivity index is 2.10. The first-order chi connectivity index (χ1) is 15.0. The van der Waals surface area contributed by atoms with Gasteiger partial charge < -0.3 is 19.5 Å². The van der Waals surface area contributed by atoms with Crippen molar-refractivity contribution in [3.8, 4) is 5.75 Å². The topological polar surface area (TPSA) is 50.8 Å². The molecule has 3 aromatic rings. The van der Waals surface area contributed by atoms with Crippen LogP contribution in [0.5, 0.6) is 5.75 Å². The number of nitrogens with zero attached hydrogens (tertiary/aromatic N) is 1. The molecule has 0 amide bonds. The van der Waals surface area contributed by atoms with E-state index in [9.17, 15) is 4.57 Å². The van der Waals surface area contributed by atoms with Crippen LogP contribution in [0.2, 0.25) is 0 Å². The van der Waals surface area contributed by atoms with Crippen LogP contribution in [0.25, 0.3) is 0 Å². The number of nitrogens with one attached hydrogen (secondary N) is 1. The monoisotopic (exact) mass is 438 g/mol. The van der Waals surface area contributed by atoms with Crippen molar-refractivity contribution in [1.82, 2.24) is 0 Å². The number of benzene rings is 3. The van der Waals surface area contributed by atoms with E-state index in [1.54, 1.807) is 7.11 Å². The number of rotatable bonds is 10. The maximum atomic E-state index is 14.6. The SMILES string of the molecule is CCCO[P@@](=O)(c1ccc(N(C)C)cc1)[C@@H](Nc1ccccc1)c1ccc(OC)cc1. The minimum atomic E-state index is -3.33. The molecule has 0 saturated heterocycles. The molecule has 3 aromatic carbocycles. The first-order valence-corrected chi connectivity index (χ1v) is 12.1. The smallest absolute Gasteiger partial charge is 0.258 e. The minimum absolute atomic E-state index is 0.413. The van der Waals surface area contributed by atoms with E-state index in [0.29, 0.717) is 11.9 Å². The molecule has 0 radical (unpaired) electrons. The summed E-state index contributed by atoms with van der Waals surface area (Å²) in [6, 6.07) is 25.2. The molecule has 0 aliphatic rings. The lowest BCUT2D eigenvalue weighted by Gasteiger charge is -2.30. The summed E-state index contributed by atoms with van der Waals surface area (Å²) in [5.41, 5.74) is 2.80. The fourth-order valence-corrected chi connectivity index (χ4v) is 5.83. The second-order valence-corrected chi connectivity index (χ2v) is 10.0. The van der Waals surface area contributed by atoms with Crippen LogP contribution in [0, 0.1) is 0 Å². The summed E-state index contributed by atoms with van der Waals surface area (Å²) in [5, 5.41) is 4.17. The van der Waals surface area contributed by atoms with Crippen molar-refractivity contribution < 1.29 is 13.8 Å². The van der Waals surface area contributed by atoms with Gasteiger partial charge in [0.05, 0.1) is 13.7 Å². The fraction of sp³-hybridized carbons (Fsp3) is 0.280. The van der Waals surface area contributed by atoms with Gasteiger partial charge in [-0.1, -0.05) is 37.3 Å². The third-order valence-corrected chi connectivity index (χ3v) is 7.75. The zero-order chi connectivity index (χ0) is 22.3. The summed E-state index contributed by atoms with van der Waals surface area (Å²) < 4.78 is 26.1. The molecule has 164 valence electrons. The van der Waals surface area contributed by atoms with E-state index >= 15 is 0 Å². The summed E-state index contributed by atoms with van der Waals surface area (Å²) in [4.78, 5) is 2.02. The summed E-state index contributed by atoms with van der Waals surface area (Å²) >= 11 is 0. The van der Waals surface area contributed by atoms with Crippen molar-refractivity contribution >= 4 is 24.0 Å². The molecule has 31 heavy (non-hydrogen) atoms. The molecule has 6 heteroatoms. The van der Waals surface area contributed by atoms with Crippen LogP contribution < -0.4 is 20.3 Å². The first-order valence-electron chi connectivity index (χ1n) is 10.5. The van der Waals surface area contributed by atoms with Gasteiger partial charge in [-0.3, -0.25) is 4.57 Å². The van der Waals surface area contributed by atoms with Crippen molar-refractivity contribution in [3.63, 3.8) is 0 Å².